The quantitative estimate of drug-likeness (QED) is 0.897. The number of rotatable bonds is 4. The molecule has 4 rings (SSSR count). The third-order valence-electron chi connectivity index (χ3n) is 4.91. The minimum absolute atomic E-state index is 0.157. The second-order valence-electron chi connectivity index (χ2n) is 6.93. The first-order valence-electron chi connectivity index (χ1n) is 9.17. The van der Waals surface area contributed by atoms with Crippen LogP contribution in [-0.4, -0.2) is 53.9 Å². The van der Waals surface area contributed by atoms with E-state index in [0.717, 1.165) is 18.5 Å². The van der Waals surface area contributed by atoms with Crippen molar-refractivity contribution >= 4 is 17.5 Å². The van der Waals surface area contributed by atoms with E-state index in [0.29, 0.717) is 31.7 Å². The van der Waals surface area contributed by atoms with Crippen LogP contribution in [0.4, 0.5) is 10.1 Å². The summed E-state index contributed by atoms with van der Waals surface area (Å²) < 4.78 is 13.1. The molecule has 0 radical (unpaired) electrons. The minimum Gasteiger partial charge on any atom is -0.368 e. The first-order chi connectivity index (χ1) is 13.1. The van der Waals surface area contributed by atoms with Gasteiger partial charge in [0.05, 0.1) is 0 Å². The van der Waals surface area contributed by atoms with E-state index in [1.54, 1.807) is 29.2 Å². The first-order valence-corrected chi connectivity index (χ1v) is 9.17. The van der Waals surface area contributed by atoms with E-state index in [2.05, 4.69) is 15.2 Å². The van der Waals surface area contributed by atoms with Gasteiger partial charge >= 0.3 is 0 Å². The molecule has 2 aliphatic rings. The first kappa shape index (κ1) is 17.5. The standard InChI is InChI=1S/C20H21FN4O2/c21-15-1-5-17(6-2-15)24-9-11-25(12-10-24)20(27)18-13-14(7-8-22-18)19(26)23-16-3-4-16/h1-2,5-8,13,16H,3-4,9-12H2,(H,23,26). The summed E-state index contributed by atoms with van der Waals surface area (Å²) in [7, 11) is 0. The Balaban J connectivity index is 1.39. The van der Waals surface area contributed by atoms with Crippen LogP contribution >= 0.6 is 0 Å². The van der Waals surface area contributed by atoms with Crippen molar-refractivity contribution in [3.8, 4) is 0 Å². The molecule has 7 heteroatoms. The normalized spacial score (nSPS) is 16.9. The van der Waals surface area contributed by atoms with Gasteiger partial charge in [0, 0.05) is 49.7 Å². The van der Waals surface area contributed by atoms with Crippen LogP contribution in [-0.2, 0) is 0 Å². The molecule has 1 aromatic heterocycles. The average Bonchev–Trinajstić information content (AvgIpc) is 3.52. The molecule has 0 atom stereocenters. The number of benzene rings is 1. The summed E-state index contributed by atoms with van der Waals surface area (Å²) in [5.74, 6) is -0.589. The largest absolute Gasteiger partial charge is 0.368 e. The molecule has 1 saturated carbocycles. The molecule has 2 heterocycles. The van der Waals surface area contributed by atoms with Gasteiger partial charge in [-0.2, -0.15) is 0 Å². The lowest BCUT2D eigenvalue weighted by Crippen LogP contribution is -2.49. The van der Waals surface area contributed by atoms with Crippen LogP contribution in [0.3, 0.4) is 0 Å². The maximum atomic E-state index is 13.1. The zero-order valence-corrected chi connectivity index (χ0v) is 14.9. The van der Waals surface area contributed by atoms with Crippen LogP contribution in [0.1, 0.15) is 33.7 Å². The van der Waals surface area contributed by atoms with Crippen molar-refractivity contribution in [2.45, 2.75) is 18.9 Å². The van der Waals surface area contributed by atoms with Crippen LogP contribution in [0, 0.1) is 5.82 Å². The van der Waals surface area contributed by atoms with Gasteiger partial charge in [-0.3, -0.25) is 14.6 Å². The number of piperazine rings is 1. The van der Waals surface area contributed by atoms with E-state index >= 15 is 0 Å². The third-order valence-corrected chi connectivity index (χ3v) is 4.91. The monoisotopic (exact) mass is 368 g/mol. The molecule has 140 valence electrons. The lowest BCUT2D eigenvalue weighted by atomic mass is 10.2. The molecule has 0 spiro atoms. The maximum absolute atomic E-state index is 13.1. The molecule has 0 unspecified atom stereocenters. The SMILES string of the molecule is O=C(NC1CC1)c1ccnc(C(=O)N2CCN(c3ccc(F)cc3)CC2)c1. The van der Waals surface area contributed by atoms with Crippen molar-refractivity contribution in [1.29, 1.82) is 0 Å². The number of amides is 2. The smallest absolute Gasteiger partial charge is 0.272 e. The Labute approximate surface area is 157 Å². The molecule has 27 heavy (non-hydrogen) atoms. The number of nitrogens with one attached hydrogen (secondary N) is 1. The number of aromatic nitrogens is 1. The number of nitrogens with zero attached hydrogens (tertiary/aromatic N) is 3. The van der Waals surface area contributed by atoms with E-state index in [-0.39, 0.29) is 29.4 Å². The summed E-state index contributed by atoms with van der Waals surface area (Å²) in [5.41, 5.74) is 1.69. The van der Waals surface area contributed by atoms with Crippen LogP contribution in [0.5, 0.6) is 0 Å². The topological polar surface area (TPSA) is 65.5 Å². The summed E-state index contributed by atoms with van der Waals surface area (Å²) in [5, 5.41) is 2.92. The molecule has 0 bridgehead atoms. The summed E-state index contributed by atoms with van der Waals surface area (Å²) >= 11 is 0. The van der Waals surface area contributed by atoms with Gasteiger partial charge in [0.2, 0.25) is 0 Å². The third kappa shape index (κ3) is 4.07. The van der Waals surface area contributed by atoms with Crippen molar-refractivity contribution in [3.05, 3.63) is 59.7 Å². The summed E-state index contributed by atoms with van der Waals surface area (Å²) in [4.78, 5) is 32.9. The summed E-state index contributed by atoms with van der Waals surface area (Å²) in [6.07, 6.45) is 3.53. The van der Waals surface area contributed by atoms with E-state index < -0.39 is 0 Å². The molecule has 6 nitrogen and oxygen atoms in total. The zero-order chi connectivity index (χ0) is 18.8. The van der Waals surface area contributed by atoms with Crippen molar-refractivity contribution in [2.75, 3.05) is 31.1 Å². The Morgan fingerprint density at radius 1 is 1.04 bits per heavy atom. The van der Waals surface area contributed by atoms with Crippen LogP contribution in [0.2, 0.25) is 0 Å². The van der Waals surface area contributed by atoms with Crippen molar-refractivity contribution in [1.82, 2.24) is 15.2 Å². The van der Waals surface area contributed by atoms with Gasteiger partial charge in [0.15, 0.2) is 0 Å². The Morgan fingerprint density at radius 2 is 1.74 bits per heavy atom. The number of carbonyl (C=O) groups is 2. The highest BCUT2D eigenvalue weighted by Crippen LogP contribution is 2.20. The number of halogens is 1. The summed E-state index contributed by atoms with van der Waals surface area (Å²) in [6, 6.07) is 9.83. The Kier molecular flexibility index (Phi) is 4.75. The predicted octanol–water partition coefficient (Wildman–Crippen LogP) is 2.08. The van der Waals surface area contributed by atoms with Gasteiger partial charge < -0.3 is 15.1 Å². The minimum atomic E-state index is -0.260. The van der Waals surface area contributed by atoms with Crippen molar-refractivity contribution < 1.29 is 14.0 Å². The number of hydrogen-bond acceptors (Lipinski definition) is 4. The molecule has 1 aliphatic carbocycles. The van der Waals surface area contributed by atoms with E-state index in [4.69, 9.17) is 0 Å². The molecule has 1 saturated heterocycles. The van der Waals surface area contributed by atoms with Gasteiger partial charge in [0.1, 0.15) is 11.5 Å². The fourth-order valence-electron chi connectivity index (χ4n) is 3.17. The van der Waals surface area contributed by atoms with Crippen LogP contribution in [0.15, 0.2) is 42.6 Å². The van der Waals surface area contributed by atoms with Crippen LogP contribution < -0.4 is 10.2 Å². The van der Waals surface area contributed by atoms with Gasteiger partial charge in [-0.25, -0.2) is 4.39 Å². The molecular formula is C20H21FN4O2. The van der Waals surface area contributed by atoms with E-state index in [1.807, 2.05) is 0 Å². The molecule has 2 aromatic rings. The number of anilines is 1. The molecular weight excluding hydrogens is 347 g/mol. The number of hydrogen-bond donors (Lipinski definition) is 1. The second-order valence-corrected chi connectivity index (χ2v) is 6.93. The molecule has 1 aromatic carbocycles. The highest BCUT2D eigenvalue weighted by atomic mass is 19.1. The van der Waals surface area contributed by atoms with E-state index in [1.165, 1.54) is 18.3 Å². The van der Waals surface area contributed by atoms with Gasteiger partial charge in [0.25, 0.3) is 11.8 Å². The maximum Gasteiger partial charge on any atom is 0.272 e. The lowest BCUT2D eigenvalue weighted by Gasteiger charge is -2.36. The lowest BCUT2D eigenvalue weighted by molar-refractivity contribution is 0.0741. The summed E-state index contributed by atoms with van der Waals surface area (Å²) in [6.45, 7) is 2.44. The molecule has 1 N–H and O–H groups in total. The molecule has 1 aliphatic heterocycles. The predicted molar refractivity (Wildman–Crippen MR) is 99.2 cm³/mol. The van der Waals surface area contributed by atoms with Crippen molar-refractivity contribution in [2.24, 2.45) is 0 Å². The van der Waals surface area contributed by atoms with Gasteiger partial charge in [-0.15, -0.1) is 0 Å². The van der Waals surface area contributed by atoms with Gasteiger partial charge in [-0.05, 0) is 49.2 Å². The fourth-order valence-corrected chi connectivity index (χ4v) is 3.17. The molecule has 2 fully saturated rings. The Morgan fingerprint density at radius 3 is 2.41 bits per heavy atom. The highest BCUT2D eigenvalue weighted by Gasteiger charge is 2.26. The van der Waals surface area contributed by atoms with Crippen LogP contribution in [0.25, 0.3) is 0 Å². The second kappa shape index (κ2) is 7.34. The fraction of sp³-hybridized carbons (Fsp3) is 0.350. The number of pyridine rings is 1. The number of carbonyl (C=O) groups excluding carboxylic acids is 2. The Hall–Kier alpha value is -2.96. The average molecular weight is 368 g/mol. The van der Waals surface area contributed by atoms with Gasteiger partial charge in [-0.1, -0.05) is 0 Å². The van der Waals surface area contributed by atoms with E-state index in [9.17, 15) is 14.0 Å². The zero-order valence-electron chi connectivity index (χ0n) is 14.9. The highest BCUT2D eigenvalue weighted by molar-refractivity contribution is 5.98. The van der Waals surface area contributed by atoms with Crippen molar-refractivity contribution in [3.63, 3.8) is 0 Å². The Bertz CT molecular complexity index is 843. The molecule has 2 amide bonds.